The van der Waals surface area contributed by atoms with Gasteiger partial charge in [-0.3, -0.25) is 10.1 Å². The number of hydrogen-bond acceptors (Lipinski definition) is 4. The van der Waals surface area contributed by atoms with E-state index in [1.165, 1.54) is 29.5 Å². The van der Waals surface area contributed by atoms with E-state index in [0.717, 1.165) is 10.5 Å². The zero-order valence-electron chi connectivity index (χ0n) is 11.5. The summed E-state index contributed by atoms with van der Waals surface area (Å²) in [5.41, 5.74) is 1.61. The molecule has 0 saturated carbocycles. The number of carboxylic acid groups (broad SMARTS) is 1. The fraction of sp³-hybridized carbons (Fsp3) is 0.133. The number of nitrogens with zero attached hydrogens (tertiary/aromatic N) is 1. The Balaban J connectivity index is 2.36. The third-order valence-electron chi connectivity index (χ3n) is 3.11. The van der Waals surface area contributed by atoms with Gasteiger partial charge in [0.1, 0.15) is 5.56 Å². The Labute approximate surface area is 125 Å². The van der Waals surface area contributed by atoms with Gasteiger partial charge < -0.3 is 5.11 Å². The Hall–Kier alpha value is -2.34. The molecule has 2 aromatic rings. The lowest BCUT2D eigenvalue weighted by Gasteiger charge is -2.06. The number of aromatic carboxylic acids is 1. The topological polar surface area (TPSA) is 80.4 Å². The lowest BCUT2D eigenvalue weighted by atomic mass is 10.1. The third-order valence-corrected chi connectivity index (χ3v) is 4.09. The minimum Gasteiger partial charge on any atom is -0.477 e. The number of benzene rings is 2. The molecule has 2 rings (SSSR count). The van der Waals surface area contributed by atoms with Gasteiger partial charge in [0.05, 0.1) is 4.92 Å². The average molecular weight is 303 g/mol. The van der Waals surface area contributed by atoms with Crippen molar-refractivity contribution in [1.29, 1.82) is 0 Å². The molecule has 1 N–H and O–H groups in total. The van der Waals surface area contributed by atoms with Crippen LogP contribution in [0, 0.1) is 24.0 Å². The highest BCUT2D eigenvalue weighted by Gasteiger charge is 2.20. The first-order valence-electron chi connectivity index (χ1n) is 6.15. The van der Waals surface area contributed by atoms with Crippen molar-refractivity contribution in [1.82, 2.24) is 0 Å². The molecule has 0 aliphatic carbocycles. The molecule has 6 heteroatoms. The molecule has 0 aliphatic rings. The molecule has 0 heterocycles. The van der Waals surface area contributed by atoms with Crippen LogP contribution in [0.2, 0.25) is 0 Å². The Morgan fingerprint density at radius 1 is 1.10 bits per heavy atom. The predicted molar refractivity (Wildman–Crippen MR) is 80.1 cm³/mol. The molecule has 0 saturated heterocycles. The van der Waals surface area contributed by atoms with Crippen molar-refractivity contribution in [3.05, 3.63) is 63.2 Å². The predicted octanol–water partition coefficient (Wildman–Crippen LogP) is 4.06. The number of nitro benzene ring substituents is 1. The highest BCUT2D eigenvalue weighted by atomic mass is 32.2. The van der Waals surface area contributed by atoms with E-state index in [9.17, 15) is 14.9 Å². The smallest absolute Gasteiger partial charge is 0.342 e. The molecule has 0 aromatic heterocycles. The van der Waals surface area contributed by atoms with E-state index >= 15 is 0 Å². The van der Waals surface area contributed by atoms with Crippen LogP contribution in [0.3, 0.4) is 0 Å². The van der Waals surface area contributed by atoms with E-state index in [-0.39, 0.29) is 5.56 Å². The number of aryl methyl sites for hydroxylation is 2. The zero-order valence-corrected chi connectivity index (χ0v) is 12.3. The molecular formula is C15H13NO4S. The maximum absolute atomic E-state index is 11.0. The second-order valence-electron chi connectivity index (χ2n) is 4.59. The highest BCUT2D eigenvalue weighted by Crippen LogP contribution is 2.32. The van der Waals surface area contributed by atoms with Gasteiger partial charge in [0.2, 0.25) is 0 Å². The number of nitro groups is 1. The lowest BCUT2D eigenvalue weighted by molar-refractivity contribution is -0.385. The first-order chi connectivity index (χ1) is 9.88. The Morgan fingerprint density at radius 2 is 1.71 bits per heavy atom. The van der Waals surface area contributed by atoms with E-state index < -0.39 is 16.6 Å². The first kappa shape index (κ1) is 15.1. The number of rotatable bonds is 4. The van der Waals surface area contributed by atoms with Crippen molar-refractivity contribution in [2.75, 3.05) is 0 Å². The fourth-order valence-electron chi connectivity index (χ4n) is 1.82. The van der Waals surface area contributed by atoms with E-state index in [1.54, 1.807) is 6.07 Å². The van der Waals surface area contributed by atoms with Gasteiger partial charge in [-0.1, -0.05) is 17.8 Å². The molecule has 0 aliphatic heterocycles. The minimum absolute atomic E-state index is 0.301. The van der Waals surface area contributed by atoms with Crippen LogP contribution in [0.15, 0.2) is 46.2 Å². The molecule has 0 radical (unpaired) electrons. The zero-order chi connectivity index (χ0) is 15.6. The van der Waals surface area contributed by atoms with Crippen molar-refractivity contribution in [3.8, 4) is 0 Å². The van der Waals surface area contributed by atoms with Gasteiger partial charge in [-0.25, -0.2) is 4.79 Å². The number of carboxylic acids is 1. The highest BCUT2D eigenvalue weighted by molar-refractivity contribution is 7.99. The SMILES string of the molecule is Cc1ccc(Sc2ccc(C(=O)O)c([N+](=O)[O-])c2)cc1C. The standard InChI is InChI=1S/C15H13NO4S/c1-9-3-4-11(7-10(9)2)21-12-5-6-13(15(17)18)14(8-12)16(19)20/h3-8H,1-2H3,(H,17,18). The molecular weight excluding hydrogens is 290 g/mol. The quantitative estimate of drug-likeness (QED) is 0.680. The molecule has 5 nitrogen and oxygen atoms in total. The van der Waals surface area contributed by atoms with Crippen molar-refractivity contribution in [2.24, 2.45) is 0 Å². The Morgan fingerprint density at radius 3 is 2.29 bits per heavy atom. The molecule has 21 heavy (non-hydrogen) atoms. The van der Waals surface area contributed by atoms with Crippen LogP contribution in [0.5, 0.6) is 0 Å². The van der Waals surface area contributed by atoms with Crippen molar-refractivity contribution < 1.29 is 14.8 Å². The van der Waals surface area contributed by atoms with Crippen LogP contribution in [0.4, 0.5) is 5.69 Å². The van der Waals surface area contributed by atoms with Crippen LogP contribution >= 0.6 is 11.8 Å². The summed E-state index contributed by atoms with van der Waals surface area (Å²) in [4.78, 5) is 22.8. The normalized spacial score (nSPS) is 10.4. The second-order valence-corrected chi connectivity index (χ2v) is 5.74. The largest absolute Gasteiger partial charge is 0.477 e. The minimum atomic E-state index is -1.30. The summed E-state index contributed by atoms with van der Waals surface area (Å²) in [7, 11) is 0. The number of carbonyl (C=O) groups is 1. The van der Waals surface area contributed by atoms with Crippen molar-refractivity contribution in [3.63, 3.8) is 0 Å². The van der Waals surface area contributed by atoms with Crippen molar-refractivity contribution >= 4 is 23.4 Å². The van der Waals surface area contributed by atoms with Gasteiger partial charge in [0, 0.05) is 15.9 Å². The van der Waals surface area contributed by atoms with Gasteiger partial charge >= 0.3 is 5.97 Å². The molecule has 0 fully saturated rings. The van der Waals surface area contributed by atoms with E-state index in [0.29, 0.717) is 4.90 Å². The average Bonchev–Trinajstić information content (AvgIpc) is 2.42. The van der Waals surface area contributed by atoms with Gasteiger partial charge in [0.25, 0.3) is 5.69 Å². The summed E-state index contributed by atoms with van der Waals surface area (Å²) in [5.74, 6) is -1.30. The summed E-state index contributed by atoms with van der Waals surface area (Å²) >= 11 is 1.37. The summed E-state index contributed by atoms with van der Waals surface area (Å²) < 4.78 is 0. The van der Waals surface area contributed by atoms with Crippen LogP contribution in [-0.2, 0) is 0 Å². The third kappa shape index (κ3) is 3.41. The van der Waals surface area contributed by atoms with Crippen LogP contribution < -0.4 is 0 Å². The summed E-state index contributed by atoms with van der Waals surface area (Å²) in [6.45, 7) is 4.01. The van der Waals surface area contributed by atoms with E-state index in [1.807, 2.05) is 32.0 Å². The van der Waals surface area contributed by atoms with Crippen LogP contribution in [-0.4, -0.2) is 16.0 Å². The molecule has 0 amide bonds. The Bertz CT molecular complexity index is 728. The maximum Gasteiger partial charge on any atom is 0.342 e. The monoisotopic (exact) mass is 303 g/mol. The van der Waals surface area contributed by atoms with E-state index in [4.69, 9.17) is 5.11 Å². The molecule has 2 aromatic carbocycles. The molecule has 108 valence electrons. The van der Waals surface area contributed by atoms with Crippen molar-refractivity contribution in [2.45, 2.75) is 23.6 Å². The summed E-state index contributed by atoms with van der Waals surface area (Å²) in [6.07, 6.45) is 0. The second kappa shape index (κ2) is 5.97. The Kier molecular flexibility index (Phi) is 4.28. The van der Waals surface area contributed by atoms with Crippen LogP contribution in [0.1, 0.15) is 21.5 Å². The lowest BCUT2D eigenvalue weighted by Crippen LogP contribution is -2.02. The van der Waals surface area contributed by atoms with Gasteiger partial charge in [-0.05, 0) is 49.2 Å². The molecule has 0 spiro atoms. The number of hydrogen-bond donors (Lipinski definition) is 1. The maximum atomic E-state index is 11.0. The summed E-state index contributed by atoms with van der Waals surface area (Å²) in [6, 6.07) is 10.1. The summed E-state index contributed by atoms with van der Waals surface area (Å²) in [5, 5.41) is 19.9. The fourth-order valence-corrected chi connectivity index (χ4v) is 2.77. The van der Waals surface area contributed by atoms with Gasteiger partial charge in [-0.15, -0.1) is 0 Å². The van der Waals surface area contributed by atoms with Crippen LogP contribution in [0.25, 0.3) is 0 Å². The molecule has 0 unspecified atom stereocenters. The van der Waals surface area contributed by atoms with Gasteiger partial charge in [0.15, 0.2) is 0 Å². The molecule has 0 atom stereocenters. The van der Waals surface area contributed by atoms with Gasteiger partial charge in [-0.2, -0.15) is 0 Å². The first-order valence-corrected chi connectivity index (χ1v) is 6.97. The van der Waals surface area contributed by atoms with E-state index in [2.05, 4.69) is 0 Å². The molecule has 0 bridgehead atoms.